The molecule has 4 heteroatoms. The molecule has 0 spiro atoms. The SMILES string of the molecule is COc1ccc(CCC(=O)NC2CCCCC2)cc1Br. The summed E-state index contributed by atoms with van der Waals surface area (Å²) in [6, 6.07) is 6.36. The highest BCUT2D eigenvalue weighted by atomic mass is 79.9. The first kappa shape index (κ1) is 15.4. The lowest BCUT2D eigenvalue weighted by Crippen LogP contribution is -2.36. The minimum atomic E-state index is 0.170. The Balaban J connectivity index is 1.79. The molecule has 0 radical (unpaired) electrons. The maximum Gasteiger partial charge on any atom is 0.220 e. The molecule has 0 bridgehead atoms. The molecule has 110 valence electrons. The highest BCUT2D eigenvalue weighted by Crippen LogP contribution is 2.26. The number of halogens is 1. The van der Waals surface area contributed by atoms with Crippen LogP contribution in [-0.4, -0.2) is 19.1 Å². The molecule has 1 aliphatic carbocycles. The van der Waals surface area contributed by atoms with Crippen molar-refractivity contribution in [2.24, 2.45) is 0 Å². The summed E-state index contributed by atoms with van der Waals surface area (Å²) < 4.78 is 6.14. The van der Waals surface area contributed by atoms with Crippen LogP contribution in [-0.2, 0) is 11.2 Å². The zero-order valence-electron chi connectivity index (χ0n) is 12.0. The van der Waals surface area contributed by atoms with Gasteiger partial charge in [-0.3, -0.25) is 4.79 Å². The van der Waals surface area contributed by atoms with Gasteiger partial charge < -0.3 is 10.1 Å². The van der Waals surface area contributed by atoms with E-state index in [-0.39, 0.29) is 5.91 Å². The standard InChI is InChI=1S/C16H22BrNO2/c1-20-15-9-7-12(11-14(15)17)8-10-16(19)18-13-5-3-2-4-6-13/h7,9,11,13H,2-6,8,10H2,1H3,(H,18,19). The summed E-state index contributed by atoms with van der Waals surface area (Å²) in [5.41, 5.74) is 1.15. The molecule has 3 nitrogen and oxygen atoms in total. The van der Waals surface area contributed by atoms with E-state index >= 15 is 0 Å². The Morgan fingerprint density at radius 1 is 1.35 bits per heavy atom. The van der Waals surface area contributed by atoms with Gasteiger partial charge in [-0.2, -0.15) is 0 Å². The second-order valence-corrected chi connectivity index (χ2v) is 6.23. The van der Waals surface area contributed by atoms with Gasteiger partial charge in [0.2, 0.25) is 5.91 Å². The molecular weight excluding hydrogens is 318 g/mol. The van der Waals surface area contributed by atoms with E-state index in [2.05, 4.69) is 21.2 Å². The van der Waals surface area contributed by atoms with E-state index in [0.717, 1.165) is 35.0 Å². The van der Waals surface area contributed by atoms with Crippen LogP contribution in [0.4, 0.5) is 0 Å². The third kappa shape index (κ3) is 4.51. The molecule has 1 amide bonds. The van der Waals surface area contributed by atoms with Crippen molar-refractivity contribution in [3.05, 3.63) is 28.2 Å². The van der Waals surface area contributed by atoms with Gasteiger partial charge in [-0.25, -0.2) is 0 Å². The number of carbonyl (C=O) groups is 1. The van der Waals surface area contributed by atoms with Crippen molar-refractivity contribution in [3.8, 4) is 5.75 Å². The topological polar surface area (TPSA) is 38.3 Å². The quantitative estimate of drug-likeness (QED) is 0.884. The molecule has 0 aromatic heterocycles. The predicted molar refractivity (Wildman–Crippen MR) is 84.0 cm³/mol. The summed E-state index contributed by atoms with van der Waals surface area (Å²) in [6.45, 7) is 0. The minimum Gasteiger partial charge on any atom is -0.496 e. The van der Waals surface area contributed by atoms with Gasteiger partial charge in [-0.15, -0.1) is 0 Å². The van der Waals surface area contributed by atoms with Gasteiger partial charge >= 0.3 is 0 Å². The fourth-order valence-corrected chi connectivity index (χ4v) is 3.26. The van der Waals surface area contributed by atoms with E-state index in [1.165, 1.54) is 19.3 Å². The normalized spacial score (nSPS) is 15.9. The van der Waals surface area contributed by atoms with Crippen molar-refractivity contribution >= 4 is 21.8 Å². The number of carbonyl (C=O) groups excluding carboxylic acids is 1. The lowest BCUT2D eigenvalue weighted by molar-refractivity contribution is -0.121. The van der Waals surface area contributed by atoms with Crippen LogP contribution in [0.1, 0.15) is 44.1 Å². The Hall–Kier alpha value is -1.03. The van der Waals surface area contributed by atoms with Crippen LogP contribution < -0.4 is 10.1 Å². The van der Waals surface area contributed by atoms with E-state index in [0.29, 0.717) is 12.5 Å². The van der Waals surface area contributed by atoms with Crippen LogP contribution in [0.3, 0.4) is 0 Å². The van der Waals surface area contributed by atoms with E-state index in [9.17, 15) is 4.79 Å². The fraction of sp³-hybridized carbons (Fsp3) is 0.562. The van der Waals surface area contributed by atoms with Gasteiger partial charge in [0.25, 0.3) is 0 Å². The number of amides is 1. The molecule has 1 aliphatic rings. The third-order valence-electron chi connectivity index (χ3n) is 3.83. The molecule has 0 unspecified atom stereocenters. The first-order chi connectivity index (χ1) is 9.69. The van der Waals surface area contributed by atoms with E-state index < -0.39 is 0 Å². The molecule has 1 aromatic rings. The van der Waals surface area contributed by atoms with Crippen molar-refractivity contribution in [3.63, 3.8) is 0 Å². The van der Waals surface area contributed by atoms with Crippen molar-refractivity contribution in [1.82, 2.24) is 5.32 Å². The fourth-order valence-electron chi connectivity index (χ4n) is 2.67. The molecule has 1 fully saturated rings. The Morgan fingerprint density at radius 3 is 2.75 bits per heavy atom. The zero-order chi connectivity index (χ0) is 14.4. The summed E-state index contributed by atoms with van der Waals surface area (Å²) in [5, 5.41) is 3.15. The van der Waals surface area contributed by atoms with Crippen LogP contribution in [0.5, 0.6) is 5.75 Å². The van der Waals surface area contributed by atoms with Gasteiger partial charge in [-0.1, -0.05) is 25.3 Å². The average molecular weight is 340 g/mol. The van der Waals surface area contributed by atoms with Crippen molar-refractivity contribution < 1.29 is 9.53 Å². The molecular formula is C16H22BrNO2. The van der Waals surface area contributed by atoms with Gasteiger partial charge in [0.05, 0.1) is 11.6 Å². The van der Waals surface area contributed by atoms with Gasteiger partial charge in [0.15, 0.2) is 0 Å². The van der Waals surface area contributed by atoms with E-state index in [1.807, 2.05) is 18.2 Å². The molecule has 1 N–H and O–H groups in total. The number of hydrogen-bond acceptors (Lipinski definition) is 2. The summed E-state index contributed by atoms with van der Waals surface area (Å²) in [4.78, 5) is 11.9. The smallest absolute Gasteiger partial charge is 0.220 e. The summed E-state index contributed by atoms with van der Waals surface area (Å²) in [7, 11) is 1.65. The first-order valence-corrected chi connectivity index (χ1v) is 8.10. The van der Waals surface area contributed by atoms with Gasteiger partial charge in [0.1, 0.15) is 5.75 Å². The number of hydrogen-bond donors (Lipinski definition) is 1. The number of rotatable bonds is 5. The molecule has 0 aliphatic heterocycles. The average Bonchev–Trinajstić information content (AvgIpc) is 2.46. The van der Waals surface area contributed by atoms with Crippen LogP contribution in [0, 0.1) is 0 Å². The Morgan fingerprint density at radius 2 is 2.10 bits per heavy atom. The predicted octanol–water partition coefficient (Wildman–Crippen LogP) is 3.84. The van der Waals surface area contributed by atoms with Crippen LogP contribution in [0.15, 0.2) is 22.7 Å². The van der Waals surface area contributed by atoms with Gasteiger partial charge in [-0.05, 0) is 52.9 Å². The molecule has 0 heterocycles. The molecule has 2 rings (SSSR count). The van der Waals surface area contributed by atoms with E-state index in [1.54, 1.807) is 7.11 Å². The minimum absolute atomic E-state index is 0.170. The second kappa shape index (κ2) is 7.67. The lowest BCUT2D eigenvalue weighted by Gasteiger charge is -2.22. The number of benzene rings is 1. The maximum atomic E-state index is 11.9. The molecule has 1 aromatic carbocycles. The molecule has 0 saturated heterocycles. The van der Waals surface area contributed by atoms with Crippen molar-refractivity contribution in [1.29, 1.82) is 0 Å². The molecule has 20 heavy (non-hydrogen) atoms. The second-order valence-electron chi connectivity index (χ2n) is 5.37. The molecule has 1 saturated carbocycles. The summed E-state index contributed by atoms with van der Waals surface area (Å²) in [5.74, 6) is 0.990. The van der Waals surface area contributed by atoms with Crippen LogP contribution in [0.2, 0.25) is 0 Å². The summed E-state index contributed by atoms with van der Waals surface area (Å²) >= 11 is 3.47. The first-order valence-electron chi connectivity index (χ1n) is 7.31. The number of aryl methyl sites for hydroxylation is 1. The lowest BCUT2D eigenvalue weighted by atomic mass is 9.95. The number of methoxy groups -OCH3 is 1. The maximum absolute atomic E-state index is 11.9. The number of ether oxygens (including phenoxy) is 1. The highest BCUT2D eigenvalue weighted by molar-refractivity contribution is 9.10. The van der Waals surface area contributed by atoms with Crippen molar-refractivity contribution in [2.75, 3.05) is 7.11 Å². The molecule has 0 atom stereocenters. The largest absolute Gasteiger partial charge is 0.496 e. The van der Waals surface area contributed by atoms with Crippen molar-refractivity contribution in [2.45, 2.75) is 51.0 Å². The number of nitrogens with one attached hydrogen (secondary N) is 1. The Kier molecular flexibility index (Phi) is 5.89. The Bertz CT molecular complexity index is 456. The third-order valence-corrected chi connectivity index (χ3v) is 4.45. The van der Waals surface area contributed by atoms with Crippen LogP contribution >= 0.6 is 15.9 Å². The van der Waals surface area contributed by atoms with Crippen LogP contribution in [0.25, 0.3) is 0 Å². The Labute approximate surface area is 129 Å². The highest BCUT2D eigenvalue weighted by Gasteiger charge is 2.15. The monoisotopic (exact) mass is 339 g/mol. The van der Waals surface area contributed by atoms with E-state index in [4.69, 9.17) is 4.74 Å². The van der Waals surface area contributed by atoms with Gasteiger partial charge in [0, 0.05) is 12.5 Å². The summed E-state index contributed by atoms with van der Waals surface area (Å²) in [6.07, 6.45) is 7.40. The zero-order valence-corrected chi connectivity index (χ0v) is 13.5.